The van der Waals surface area contributed by atoms with Crippen LogP contribution >= 0.6 is 0 Å². The van der Waals surface area contributed by atoms with Crippen molar-refractivity contribution in [2.75, 3.05) is 13.1 Å². The van der Waals surface area contributed by atoms with E-state index in [4.69, 9.17) is 0 Å². The molecule has 0 bridgehead atoms. The third-order valence-electron chi connectivity index (χ3n) is 5.00. The standard InChI is InChI=1S/C15H19F3N4O4/c16-15(17,18)14(19-10(23)8-21-7-3-6-11(21)24)12(25)22(13(26)20-14)9-4-1-2-5-9/h9H,1-8H2,(H,19,23)(H,20,26)/t14-/m0/s1. The zero-order valence-electron chi connectivity index (χ0n) is 13.9. The van der Waals surface area contributed by atoms with E-state index in [1.807, 2.05) is 0 Å². The van der Waals surface area contributed by atoms with E-state index >= 15 is 0 Å². The molecule has 2 aliphatic heterocycles. The highest BCUT2D eigenvalue weighted by Gasteiger charge is 2.69. The minimum atomic E-state index is -5.22. The minimum absolute atomic E-state index is 0.225. The molecular formula is C15H19F3N4O4. The number of amides is 5. The van der Waals surface area contributed by atoms with E-state index in [0.29, 0.717) is 37.0 Å². The molecule has 5 amide bonds. The Hall–Kier alpha value is -2.33. The number of nitrogens with zero attached hydrogens (tertiary/aromatic N) is 2. The molecule has 3 aliphatic rings. The zero-order chi connectivity index (χ0) is 19.1. The monoisotopic (exact) mass is 376 g/mol. The Bertz CT molecular complexity index is 647. The summed E-state index contributed by atoms with van der Waals surface area (Å²) in [4.78, 5) is 50.0. The van der Waals surface area contributed by atoms with Gasteiger partial charge in [-0.05, 0) is 19.3 Å². The number of hydrogen-bond acceptors (Lipinski definition) is 4. The quantitative estimate of drug-likeness (QED) is 0.697. The van der Waals surface area contributed by atoms with Crippen molar-refractivity contribution in [2.45, 2.75) is 56.4 Å². The first-order valence-electron chi connectivity index (χ1n) is 8.47. The van der Waals surface area contributed by atoms with Crippen LogP contribution in [0, 0.1) is 0 Å². The summed E-state index contributed by atoms with van der Waals surface area (Å²) >= 11 is 0. The molecule has 1 saturated carbocycles. The van der Waals surface area contributed by atoms with Gasteiger partial charge in [-0.15, -0.1) is 0 Å². The van der Waals surface area contributed by atoms with Gasteiger partial charge in [-0.25, -0.2) is 4.79 Å². The molecule has 3 fully saturated rings. The van der Waals surface area contributed by atoms with Crippen LogP contribution in [0.25, 0.3) is 0 Å². The molecule has 11 heteroatoms. The van der Waals surface area contributed by atoms with Crippen LogP contribution in [0.2, 0.25) is 0 Å². The predicted molar refractivity (Wildman–Crippen MR) is 80.4 cm³/mol. The summed E-state index contributed by atoms with van der Waals surface area (Å²) in [5.41, 5.74) is -3.49. The largest absolute Gasteiger partial charge is 0.440 e. The Balaban J connectivity index is 1.81. The molecule has 2 saturated heterocycles. The van der Waals surface area contributed by atoms with Crippen molar-refractivity contribution in [1.82, 2.24) is 20.4 Å². The van der Waals surface area contributed by atoms with Crippen LogP contribution in [0.1, 0.15) is 38.5 Å². The summed E-state index contributed by atoms with van der Waals surface area (Å²) in [6.07, 6.45) is -2.19. The van der Waals surface area contributed by atoms with Crippen LogP contribution in [0.3, 0.4) is 0 Å². The van der Waals surface area contributed by atoms with Gasteiger partial charge in [0.05, 0.1) is 6.54 Å². The van der Waals surface area contributed by atoms with Gasteiger partial charge in [0.1, 0.15) is 0 Å². The molecule has 2 N–H and O–H groups in total. The second kappa shape index (κ2) is 6.44. The van der Waals surface area contributed by atoms with Crippen LogP contribution in [0.15, 0.2) is 0 Å². The molecule has 1 atom stereocenters. The summed E-state index contributed by atoms with van der Waals surface area (Å²) in [5.74, 6) is -3.02. The Morgan fingerprint density at radius 3 is 2.38 bits per heavy atom. The van der Waals surface area contributed by atoms with E-state index in [9.17, 15) is 32.3 Å². The zero-order valence-corrected chi connectivity index (χ0v) is 13.9. The highest BCUT2D eigenvalue weighted by atomic mass is 19.4. The third-order valence-corrected chi connectivity index (χ3v) is 5.00. The average Bonchev–Trinajstić information content (AvgIpc) is 3.22. The highest BCUT2D eigenvalue weighted by Crippen LogP contribution is 2.37. The normalized spacial score (nSPS) is 27.4. The fourth-order valence-electron chi connectivity index (χ4n) is 3.68. The first kappa shape index (κ1) is 18.5. The summed E-state index contributed by atoms with van der Waals surface area (Å²) in [6, 6.07) is -1.78. The molecule has 0 radical (unpaired) electrons. The van der Waals surface area contributed by atoms with Crippen LogP contribution in [-0.2, 0) is 14.4 Å². The molecular weight excluding hydrogens is 357 g/mol. The summed E-state index contributed by atoms with van der Waals surface area (Å²) in [6.45, 7) is -0.330. The molecule has 0 spiro atoms. The first-order valence-corrected chi connectivity index (χ1v) is 8.47. The van der Waals surface area contributed by atoms with Crippen molar-refractivity contribution in [3.63, 3.8) is 0 Å². The van der Waals surface area contributed by atoms with E-state index in [1.54, 1.807) is 10.6 Å². The number of urea groups is 1. The predicted octanol–water partition coefficient (Wildman–Crippen LogP) is 0.478. The lowest BCUT2D eigenvalue weighted by Crippen LogP contribution is -2.70. The molecule has 0 unspecified atom stereocenters. The smallest absolute Gasteiger partial charge is 0.333 e. The van der Waals surface area contributed by atoms with E-state index in [-0.39, 0.29) is 18.9 Å². The van der Waals surface area contributed by atoms with Crippen molar-refractivity contribution >= 4 is 23.8 Å². The third kappa shape index (κ3) is 2.99. The van der Waals surface area contributed by atoms with Gasteiger partial charge in [-0.1, -0.05) is 12.8 Å². The average molecular weight is 376 g/mol. The molecule has 2 heterocycles. The highest BCUT2D eigenvalue weighted by molar-refractivity contribution is 6.09. The maximum atomic E-state index is 13.7. The number of nitrogens with one attached hydrogen (secondary N) is 2. The van der Waals surface area contributed by atoms with Crippen LogP contribution in [-0.4, -0.2) is 64.5 Å². The van der Waals surface area contributed by atoms with Gasteiger partial charge >= 0.3 is 12.2 Å². The van der Waals surface area contributed by atoms with Crippen molar-refractivity contribution < 1.29 is 32.3 Å². The van der Waals surface area contributed by atoms with Gasteiger partial charge in [0, 0.05) is 19.0 Å². The van der Waals surface area contributed by atoms with Gasteiger partial charge in [-0.3, -0.25) is 24.6 Å². The Morgan fingerprint density at radius 1 is 1.19 bits per heavy atom. The molecule has 26 heavy (non-hydrogen) atoms. The number of halogens is 3. The fourth-order valence-corrected chi connectivity index (χ4v) is 3.68. The van der Waals surface area contributed by atoms with Gasteiger partial charge in [0.25, 0.3) is 11.6 Å². The first-order chi connectivity index (χ1) is 12.2. The van der Waals surface area contributed by atoms with E-state index in [2.05, 4.69) is 0 Å². The molecule has 3 rings (SSSR count). The van der Waals surface area contributed by atoms with Crippen molar-refractivity contribution in [3.8, 4) is 0 Å². The fraction of sp³-hybridized carbons (Fsp3) is 0.733. The molecule has 0 aromatic heterocycles. The number of imide groups is 1. The molecule has 144 valence electrons. The molecule has 0 aromatic rings. The number of carbonyl (C=O) groups excluding carboxylic acids is 4. The second-order valence-electron chi connectivity index (χ2n) is 6.76. The van der Waals surface area contributed by atoms with E-state index in [0.717, 1.165) is 4.90 Å². The topological polar surface area (TPSA) is 98.8 Å². The number of carbonyl (C=O) groups is 4. The Morgan fingerprint density at radius 2 is 1.85 bits per heavy atom. The van der Waals surface area contributed by atoms with Gasteiger partial charge in [-0.2, -0.15) is 13.2 Å². The van der Waals surface area contributed by atoms with Crippen molar-refractivity contribution in [3.05, 3.63) is 0 Å². The lowest BCUT2D eigenvalue weighted by molar-refractivity contribution is -0.204. The summed E-state index contributed by atoms with van der Waals surface area (Å²) < 4.78 is 41.1. The van der Waals surface area contributed by atoms with Crippen LogP contribution in [0.4, 0.5) is 18.0 Å². The SMILES string of the molecule is O=C(CN1CCCC1=O)N[C@]1(C(F)(F)F)NC(=O)N(C2CCCC2)C1=O. The summed E-state index contributed by atoms with van der Waals surface area (Å²) in [5, 5.41) is 3.26. The van der Waals surface area contributed by atoms with Crippen molar-refractivity contribution in [2.24, 2.45) is 0 Å². The number of hydrogen-bond donors (Lipinski definition) is 2. The number of rotatable bonds is 4. The maximum absolute atomic E-state index is 13.7. The Labute approximate surface area is 147 Å². The van der Waals surface area contributed by atoms with E-state index < -0.39 is 42.3 Å². The van der Waals surface area contributed by atoms with Crippen LogP contribution in [0.5, 0.6) is 0 Å². The van der Waals surface area contributed by atoms with Crippen molar-refractivity contribution in [1.29, 1.82) is 0 Å². The molecule has 8 nitrogen and oxygen atoms in total. The van der Waals surface area contributed by atoms with E-state index in [1.165, 1.54) is 0 Å². The maximum Gasteiger partial charge on any atom is 0.440 e. The second-order valence-corrected chi connectivity index (χ2v) is 6.76. The summed E-state index contributed by atoms with van der Waals surface area (Å²) in [7, 11) is 0. The molecule has 1 aliphatic carbocycles. The molecule has 0 aromatic carbocycles. The lowest BCUT2D eigenvalue weighted by Gasteiger charge is -2.31. The van der Waals surface area contributed by atoms with Gasteiger partial charge in [0.15, 0.2) is 0 Å². The van der Waals surface area contributed by atoms with Crippen LogP contribution < -0.4 is 10.6 Å². The Kier molecular flexibility index (Phi) is 4.57. The number of alkyl halides is 3. The lowest BCUT2D eigenvalue weighted by atomic mass is 10.1. The van der Waals surface area contributed by atoms with Gasteiger partial charge < -0.3 is 10.2 Å². The van der Waals surface area contributed by atoms with Gasteiger partial charge in [0.2, 0.25) is 11.8 Å². The number of likely N-dealkylation sites (tertiary alicyclic amines) is 1. The minimum Gasteiger partial charge on any atom is -0.333 e.